The maximum atomic E-state index is 11.8. The Hall–Kier alpha value is -1.60. The fourth-order valence-electron chi connectivity index (χ4n) is 3.50. The number of rotatable bonds is 10. The molecule has 7 heteroatoms. The van der Waals surface area contributed by atoms with E-state index in [-0.39, 0.29) is 0 Å². The Morgan fingerprint density at radius 3 is 2.29 bits per heavy atom. The first-order chi connectivity index (χ1) is 13.1. The number of nitrogens with zero attached hydrogens (tertiary/aromatic N) is 2. The van der Waals surface area contributed by atoms with Crippen molar-refractivity contribution in [1.29, 1.82) is 0 Å². The molecule has 1 aromatic rings. The van der Waals surface area contributed by atoms with E-state index >= 15 is 0 Å². The molecule has 0 saturated heterocycles. The Bertz CT molecular complexity index is 741. The SMILES string of the molecule is CCN(CC)C(CNC(=NC)NCc1ccc(S(C)(=O)=O)c(C)c1)CC(C)C. The molecule has 1 atom stereocenters. The molecule has 160 valence electrons. The number of hydrogen-bond acceptors (Lipinski definition) is 4. The lowest BCUT2D eigenvalue weighted by Gasteiger charge is -2.31. The van der Waals surface area contributed by atoms with Gasteiger partial charge in [0, 0.05) is 32.4 Å². The lowest BCUT2D eigenvalue weighted by Crippen LogP contribution is -2.47. The lowest BCUT2D eigenvalue weighted by molar-refractivity contribution is 0.191. The fraction of sp³-hybridized carbons (Fsp3) is 0.667. The highest BCUT2D eigenvalue weighted by molar-refractivity contribution is 7.90. The molecule has 2 N–H and O–H groups in total. The summed E-state index contributed by atoms with van der Waals surface area (Å²) in [7, 11) is -1.42. The average molecular weight is 411 g/mol. The quantitative estimate of drug-likeness (QED) is 0.458. The average Bonchev–Trinajstić information content (AvgIpc) is 2.61. The van der Waals surface area contributed by atoms with Crippen molar-refractivity contribution in [1.82, 2.24) is 15.5 Å². The van der Waals surface area contributed by atoms with Gasteiger partial charge >= 0.3 is 0 Å². The van der Waals surface area contributed by atoms with E-state index in [0.29, 0.717) is 23.4 Å². The molecule has 1 aromatic carbocycles. The molecule has 6 nitrogen and oxygen atoms in total. The zero-order valence-corrected chi connectivity index (χ0v) is 19.4. The lowest BCUT2D eigenvalue weighted by atomic mass is 10.0. The predicted octanol–water partition coefficient (Wildman–Crippen LogP) is 2.82. The third-order valence-electron chi connectivity index (χ3n) is 4.90. The van der Waals surface area contributed by atoms with Crippen molar-refractivity contribution in [2.45, 2.75) is 58.5 Å². The van der Waals surface area contributed by atoms with E-state index in [4.69, 9.17) is 0 Å². The van der Waals surface area contributed by atoms with E-state index in [0.717, 1.165) is 43.1 Å². The van der Waals surface area contributed by atoms with Crippen LogP contribution in [0, 0.1) is 12.8 Å². The summed E-state index contributed by atoms with van der Waals surface area (Å²) in [5.74, 6) is 1.39. The number of guanidine groups is 1. The summed E-state index contributed by atoms with van der Waals surface area (Å²) >= 11 is 0. The Kier molecular flexibility index (Phi) is 9.96. The number of benzene rings is 1. The van der Waals surface area contributed by atoms with E-state index in [9.17, 15) is 8.42 Å². The van der Waals surface area contributed by atoms with Gasteiger partial charge in [0.15, 0.2) is 15.8 Å². The number of hydrogen-bond donors (Lipinski definition) is 2. The molecule has 1 unspecified atom stereocenters. The first kappa shape index (κ1) is 24.4. The highest BCUT2D eigenvalue weighted by atomic mass is 32.2. The van der Waals surface area contributed by atoms with Gasteiger partial charge in [0.05, 0.1) is 4.90 Å². The molecule has 0 aliphatic rings. The van der Waals surface area contributed by atoms with E-state index in [1.54, 1.807) is 13.1 Å². The normalized spacial score (nSPS) is 13.8. The van der Waals surface area contributed by atoms with Crippen molar-refractivity contribution in [2.24, 2.45) is 10.9 Å². The van der Waals surface area contributed by atoms with Gasteiger partial charge in [0.1, 0.15) is 0 Å². The zero-order chi connectivity index (χ0) is 21.3. The summed E-state index contributed by atoms with van der Waals surface area (Å²) in [5.41, 5.74) is 1.79. The van der Waals surface area contributed by atoms with Gasteiger partial charge in [-0.2, -0.15) is 0 Å². The van der Waals surface area contributed by atoms with E-state index in [1.165, 1.54) is 6.26 Å². The molecule has 0 saturated carbocycles. The second-order valence-corrected chi connectivity index (χ2v) is 9.67. The molecule has 0 aliphatic carbocycles. The monoisotopic (exact) mass is 410 g/mol. The summed E-state index contributed by atoms with van der Waals surface area (Å²) in [6.07, 6.45) is 2.38. The Morgan fingerprint density at radius 2 is 1.82 bits per heavy atom. The van der Waals surface area contributed by atoms with Crippen molar-refractivity contribution in [3.63, 3.8) is 0 Å². The van der Waals surface area contributed by atoms with Gasteiger partial charge in [-0.25, -0.2) is 8.42 Å². The van der Waals surface area contributed by atoms with Gasteiger partial charge in [0.2, 0.25) is 0 Å². The highest BCUT2D eigenvalue weighted by Crippen LogP contribution is 2.16. The maximum Gasteiger partial charge on any atom is 0.191 e. The van der Waals surface area contributed by atoms with Crippen molar-refractivity contribution in [2.75, 3.05) is 32.9 Å². The second-order valence-electron chi connectivity index (χ2n) is 7.68. The van der Waals surface area contributed by atoms with Gasteiger partial charge in [0.25, 0.3) is 0 Å². The summed E-state index contributed by atoms with van der Waals surface area (Å²) in [6, 6.07) is 5.90. The number of aliphatic imine (C=N–C) groups is 1. The van der Waals surface area contributed by atoms with Crippen LogP contribution in [-0.2, 0) is 16.4 Å². The molecule has 0 fully saturated rings. The standard InChI is InChI=1S/C21H38N4O2S/c1-8-25(9-2)19(12-16(3)4)15-24-21(22-6)23-14-18-10-11-20(17(5)13-18)28(7,26)27/h10-11,13,16,19H,8-9,12,14-15H2,1-7H3,(H2,22,23,24). The molecule has 0 amide bonds. The third-order valence-corrected chi connectivity index (χ3v) is 6.16. The first-order valence-corrected chi connectivity index (χ1v) is 12.0. The number of aryl methyl sites for hydroxylation is 1. The van der Waals surface area contributed by atoms with Crippen LogP contribution >= 0.6 is 0 Å². The molecular weight excluding hydrogens is 372 g/mol. The molecule has 0 spiro atoms. The van der Waals surface area contributed by atoms with Crippen LogP contribution in [0.1, 0.15) is 45.2 Å². The maximum absolute atomic E-state index is 11.8. The largest absolute Gasteiger partial charge is 0.355 e. The van der Waals surface area contributed by atoms with Crippen molar-refractivity contribution in [3.05, 3.63) is 29.3 Å². The van der Waals surface area contributed by atoms with Crippen LogP contribution in [0.5, 0.6) is 0 Å². The van der Waals surface area contributed by atoms with Gasteiger partial charge in [-0.15, -0.1) is 0 Å². The minimum absolute atomic E-state index is 0.384. The predicted molar refractivity (Wildman–Crippen MR) is 119 cm³/mol. The van der Waals surface area contributed by atoms with Crippen LogP contribution in [0.15, 0.2) is 28.1 Å². The smallest absolute Gasteiger partial charge is 0.191 e. The summed E-state index contributed by atoms with van der Waals surface area (Å²) < 4.78 is 23.5. The molecule has 0 aromatic heterocycles. The van der Waals surface area contributed by atoms with E-state index in [2.05, 4.69) is 48.2 Å². The van der Waals surface area contributed by atoms with E-state index < -0.39 is 9.84 Å². The zero-order valence-electron chi connectivity index (χ0n) is 18.5. The topological polar surface area (TPSA) is 73.8 Å². The molecular formula is C21H38N4O2S. The van der Waals surface area contributed by atoms with Crippen LogP contribution in [0.25, 0.3) is 0 Å². The van der Waals surface area contributed by atoms with Crippen LogP contribution in [0.2, 0.25) is 0 Å². The van der Waals surface area contributed by atoms with Gasteiger partial charge in [-0.05, 0) is 49.5 Å². The van der Waals surface area contributed by atoms with Crippen LogP contribution < -0.4 is 10.6 Å². The molecule has 0 aliphatic heterocycles. The van der Waals surface area contributed by atoms with Gasteiger partial charge in [-0.1, -0.05) is 39.8 Å². The summed E-state index contributed by atoms with van der Waals surface area (Å²) in [5, 5.41) is 6.77. The number of sulfone groups is 1. The Labute approximate surface area is 171 Å². The highest BCUT2D eigenvalue weighted by Gasteiger charge is 2.17. The van der Waals surface area contributed by atoms with Crippen LogP contribution in [-0.4, -0.2) is 58.3 Å². The van der Waals surface area contributed by atoms with Crippen molar-refractivity contribution < 1.29 is 8.42 Å². The van der Waals surface area contributed by atoms with Gasteiger partial charge < -0.3 is 10.6 Å². The van der Waals surface area contributed by atoms with Crippen LogP contribution in [0.3, 0.4) is 0 Å². The van der Waals surface area contributed by atoms with Crippen LogP contribution in [0.4, 0.5) is 0 Å². The van der Waals surface area contributed by atoms with Crippen molar-refractivity contribution in [3.8, 4) is 0 Å². The summed E-state index contributed by atoms with van der Waals surface area (Å²) in [6.45, 7) is 14.2. The Balaban J connectivity index is 2.71. The van der Waals surface area contributed by atoms with Crippen molar-refractivity contribution >= 4 is 15.8 Å². The minimum atomic E-state index is -3.19. The molecule has 0 bridgehead atoms. The first-order valence-electron chi connectivity index (χ1n) is 10.1. The minimum Gasteiger partial charge on any atom is -0.355 e. The molecule has 28 heavy (non-hydrogen) atoms. The molecule has 0 heterocycles. The molecule has 0 radical (unpaired) electrons. The number of nitrogens with one attached hydrogen (secondary N) is 2. The number of likely N-dealkylation sites (N-methyl/N-ethyl adjacent to an activating group) is 1. The third kappa shape index (κ3) is 7.80. The fourth-order valence-corrected chi connectivity index (χ4v) is 4.46. The van der Waals surface area contributed by atoms with Gasteiger partial charge in [-0.3, -0.25) is 9.89 Å². The van der Waals surface area contributed by atoms with E-state index in [1.807, 2.05) is 19.1 Å². The molecule has 1 rings (SSSR count). The summed E-state index contributed by atoms with van der Waals surface area (Å²) in [4.78, 5) is 7.19. The Morgan fingerprint density at radius 1 is 1.18 bits per heavy atom. The second kappa shape index (κ2) is 11.4.